The summed E-state index contributed by atoms with van der Waals surface area (Å²) in [6.45, 7) is 3.72. The summed E-state index contributed by atoms with van der Waals surface area (Å²) >= 11 is 5.70. The first-order chi connectivity index (χ1) is 9.60. The molecule has 0 amide bonds. The molecule has 2 aromatic heterocycles. The highest BCUT2D eigenvalue weighted by molar-refractivity contribution is 6.16. The van der Waals surface area contributed by atoms with Gasteiger partial charge in [0.15, 0.2) is 0 Å². The average Bonchev–Trinajstić information content (AvgIpc) is 2.78. The van der Waals surface area contributed by atoms with Gasteiger partial charge in [-0.15, -0.1) is 11.6 Å². The summed E-state index contributed by atoms with van der Waals surface area (Å²) in [5.74, 6) is 1.37. The van der Waals surface area contributed by atoms with Crippen LogP contribution in [0.5, 0.6) is 0 Å². The Labute approximate surface area is 119 Å². The van der Waals surface area contributed by atoms with E-state index in [0.29, 0.717) is 16.7 Å². The van der Waals surface area contributed by atoms with E-state index in [9.17, 15) is 4.79 Å². The summed E-state index contributed by atoms with van der Waals surface area (Å²) in [6.07, 6.45) is 0. The number of fused-ring (bicyclic) bond motifs is 1. The van der Waals surface area contributed by atoms with Crippen molar-refractivity contribution in [2.75, 3.05) is 0 Å². The lowest BCUT2D eigenvalue weighted by Crippen LogP contribution is -2.11. The highest BCUT2D eigenvalue weighted by Crippen LogP contribution is 2.28. The molecule has 0 radical (unpaired) electrons. The second kappa shape index (κ2) is 4.76. The van der Waals surface area contributed by atoms with Crippen LogP contribution in [0.15, 0.2) is 27.5 Å². The van der Waals surface area contributed by atoms with Gasteiger partial charge in [-0.1, -0.05) is 11.2 Å². The molecule has 1 N–H and O–H groups in total. The number of rotatable bonds is 2. The molecule has 0 aliphatic rings. The SMILES string of the molecule is Cc1noc(C)c1-c1ccc2nc(CCl)[nH]c(=O)c2c1. The van der Waals surface area contributed by atoms with Gasteiger partial charge in [-0.05, 0) is 31.5 Å². The van der Waals surface area contributed by atoms with Crippen molar-refractivity contribution in [2.24, 2.45) is 0 Å². The van der Waals surface area contributed by atoms with Gasteiger partial charge in [0.05, 0.1) is 22.5 Å². The Bertz CT molecular complexity index is 832. The Kier molecular flexibility index (Phi) is 3.06. The van der Waals surface area contributed by atoms with Crippen molar-refractivity contribution in [3.63, 3.8) is 0 Å². The first-order valence-corrected chi connectivity index (χ1v) is 6.66. The van der Waals surface area contributed by atoms with Gasteiger partial charge in [0, 0.05) is 5.56 Å². The molecule has 0 atom stereocenters. The topological polar surface area (TPSA) is 71.8 Å². The maximum Gasteiger partial charge on any atom is 0.258 e. The molecule has 3 rings (SSSR count). The monoisotopic (exact) mass is 289 g/mol. The molecule has 20 heavy (non-hydrogen) atoms. The molecule has 0 aliphatic heterocycles. The molecule has 0 unspecified atom stereocenters. The lowest BCUT2D eigenvalue weighted by atomic mass is 10.0. The van der Waals surface area contributed by atoms with Crippen LogP contribution in [-0.4, -0.2) is 15.1 Å². The van der Waals surface area contributed by atoms with Crippen molar-refractivity contribution in [1.29, 1.82) is 0 Å². The fraction of sp³-hybridized carbons (Fsp3) is 0.214. The highest BCUT2D eigenvalue weighted by atomic mass is 35.5. The predicted molar refractivity (Wildman–Crippen MR) is 76.9 cm³/mol. The Morgan fingerprint density at radius 1 is 1.35 bits per heavy atom. The number of aromatic amines is 1. The maximum atomic E-state index is 12.1. The van der Waals surface area contributed by atoms with Crippen LogP contribution in [0.1, 0.15) is 17.3 Å². The summed E-state index contributed by atoms with van der Waals surface area (Å²) in [5.41, 5.74) is 3.02. The Balaban J connectivity index is 2.26. The third-order valence-corrected chi connectivity index (χ3v) is 3.46. The van der Waals surface area contributed by atoms with Crippen molar-refractivity contribution in [3.8, 4) is 11.1 Å². The highest BCUT2D eigenvalue weighted by Gasteiger charge is 2.13. The van der Waals surface area contributed by atoms with Crippen LogP contribution in [0, 0.1) is 13.8 Å². The van der Waals surface area contributed by atoms with Gasteiger partial charge in [0.25, 0.3) is 5.56 Å². The minimum Gasteiger partial charge on any atom is -0.361 e. The van der Waals surface area contributed by atoms with Gasteiger partial charge in [-0.3, -0.25) is 4.79 Å². The largest absolute Gasteiger partial charge is 0.361 e. The Morgan fingerprint density at radius 2 is 2.15 bits per heavy atom. The molecular formula is C14H12ClN3O2. The molecule has 5 nitrogen and oxygen atoms in total. The molecule has 0 saturated carbocycles. The predicted octanol–water partition coefficient (Wildman–Crippen LogP) is 2.93. The van der Waals surface area contributed by atoms with Crippen molar-refractivity contribution in [1.82, 2.24) is 15.1 Å². The zero-order valence-electron chi connectivity index (χ0n) is 11.0. The summed E-state index contributed by atoms with van der Waals surface area (Å²) in [5, 5.41) is 4.45. The number of halogens is 1. The fourth-order valence-electron chi connectivity index (χ4n) is 2.30. The average molecular weight is 290 g/mol. The zero-order chi connectivity index (χ0) is 14.3. The van der Waals surface area contributed by atoms with Crippen molar-refractivity contribution >= 4 is 22.5 Å². The summed E-state index contributed by atoms with van der Waals surface area (Å²) in [4.78, 5) is 19.0. The van der Waals surface area contributed by atoms with Gasteiger partial charge >= 0.3 is 0 Å². The van der Waals surface area contributed by atoms with Gasteiger partial charge < -0.3 is 9.51 Å². The first-order valence-electron chi connectivity index (χ1n) is 6.12. The zero-order valence-corrected chi connectivity index (χ0v) is 11.8. The number of nitrogens with zero attached hydrogens (tertiary/aromatic N) is 2. The van der Waals surface area contributed by atoms with E-state index in [1.54, 1.807) is 6.07 Å². The fourth-order valence-corrected chi connectivity index (χ4v) is 2.43. The van der Waals surface area contributed by atoms with Gasteiger partial charge in [0.1, 0.15) is 11.6 Å². The van der Waals surface area contributed by atoms with Crippen LogP contribution in [0.4, 0.5) is 0 Å². The summed E-state index contributed by atoms with van der Waals surface area (Å²) in [7, 11) is 0. The smallest absolute Gasteiger partial charge is 0.258 e. The molecule has 6 heteroatoms. The minimum atomic E-state index is -0.195. The standard InChI is InChI=1S/C14H12ClN3O2/c1-7-13(8(2)20-18-7)9-3-4-11-10(5-9)14(19)17-12(6-15)16-11/h3-5H,6H2,1-2H3,(H,16,17,19). The van der Waals surface area contributed by atoms with Crippen molar-refractivity contribution in [3.05, 3.63) is 45.8 Å². The van der Waals surface area contributed by atoms with Gasteiger partial charge in [0.2, 0.25) is 0 Å². The lowest BCUT2D eigenvalue weighted by Gasteiger charge is -2.04. The van der Waals surface area contributed by atoms with Gasteiger partial charge in [-0.2, -0.15) is 0 Å². The van der Waals surface area contributed by atoms with Crippen LogP contribution in [0.3, 0.4) is 0 Å². The third kappa shape index (κ3) is 2.00. The number of nitrogens with one attached hydrogen (secondary N) is 1. The van der Waals surface area contributed by atoms with Crippen LogP contribution in [0.2, 0.25) is 0 Å². The quantitative estimate of drug-likeness (QED) is 0.736. The van der Waals surface area contributed by atoms with E-state index < -0.39 is 0 Å². The summed E-state index contributed by atoms with van der Waals surface area (Å²) in [6, 6.07) is 5.51. The van der Waals surface area contributed by atoms with Crippen molar-refractivity contribution in [2.45, 2.75) is 19.7 Å². The molecule has 0 bridgehead atoms. The normalized spacial score (nSPS) is 11.2. The number of aromatic nitrogens is 3. The molecule has 3 aromatic rings. The molecule has 0 aliphatic carbocycles. The van der Waals surface area contributed by atoms with E-state index in [4.69, 9.17) is 16.1 Å². The number of alkyl halides is 1. The molecule has 2 heterocycles. The molecule has 0 saturated heterocycles. The number of benzene rings is 1. The van der Waals surface area contributed by atoms with Crippen LogP contribution in [-0.2, 0) is 5.88 Å². The lowest BCUT2D eigenvalue weighted by molar-refractivity contribution is 0.393. The Hall–Kier alpha value is -2.14. The van der Waals surface area contributed by atoms with E-state index in [1.807, 2.05) is 26.0 Å². The van der Waals surface area contributed by atoms with E-state index in [0.717, 1.165) is 22.6 Å². The molecular weight excluding hydrogens is 278 g/mol. The number of hydrogen-bond acceptors (Lipinski definition) is 4. The van der Waals surface area contributed by atoms with E-state index in [2.05, 4.69) is 15.1 Å². The Morgan fingerprint density at radius 3 is 2.80 bits per heavy atom. The minimum absolute atomic E-state index is 0.177. The van der Waals surface area contributed by atoms with Crippen LogP contribution < -0.4 is 5.56 Å². The molecule has 1 aromatic carbocycles. The number of H-pyrrole nitrogens is 1. The van der Waals surface area contributed by atoms with E-state index in [1.165, 1.54) is 0 Å². The number of hydrogen-bond donors (Lipinski definition) is 1. The first kappa shape index (κ1) is 12.9. The van der Waals surface area contributed by atoms with Crippen molar-refractivity contribution < 1.29 is 4.52 Å². The third-order valence-electron chi connectivity index (χ3n) is 3.20. The van der Waals surface area contributed by atoms with Crippen LogP contribution >= 0.6 is 11.6 Å². The number of aryl methyl sites for hydroxylation is 2. The second-order valence-electron chi connectivity index (χ2n) is 4.58. The van der Waals surface area contributed by atoms with Crippen LogP contribution in [0.25, 0.3) is 22.0 Å². The second-order valence-corrected chi connectivity index (χ2v) is 4.84. The summed E-state index contributed by atoms with van der Waals surface area (Å²) < 4.78 is 5.16. The van der Waals surface area contributed by atoms with E-state index in [-0.39, 0.29) is 11.4 Å². The van der Waals surface area contributed by atoms with Gasteiger partial charge in [-0.25, -0.2) is 4.98 Å². The molecule has 0 fully saturated rings. The molecule has 0 spiro atoms. The maximum absolute atomic E-state index is 12.1. The van der Waals surface area contributed by atoms with E-state index >= 15 is 0 Å². The molecule has 102 valence electrons.